The highest BCUT2D eigenvalue weighted by Crippen LogP contribution is 2.52. The molecule has 210 valence electrons. The topological polar surface area (TPSA) is 125 Å². The number of nitrogens with zero attached hydrogens (tertiary/aromatic N) is 4. The van der Waals surface area contributed by atoms with Crippen molar-refractivity contribution in [1.29, 1.82) is 0 Å². The third kappa shape index (κ3) is 5.56. The summed E-state index contributed by atoms with van der Waals surface area (Å²) in [5.41, 5.74) is -1.96. The molecule has 0 unspecified atom stereocenters. The van der Waals surface area contributed by atoms with E-state index in [1.807, 2.05) is 19.0 Å². The minimum Gasteiger partial charge on any atom is -0.501 e. The minimum atomic E-state index is -0.943. The van der Waals surface area contributed by atoms with Gasteiger partial charge in [0.1, 0.15) is 11.6 Å². The van der Waals surface area contributed by atoms with E-state index in [9.17, 15) is 28.7 Å². The molecule has 5 rings (SSSR count). The molecule has 1 aliphatic carbocycles. The van der Waals surface area contributed by atoms with E-state index in [1.165, 1.54) is 41.8 Å². The molecule has 1 saturated carbocycles. The molecule has 2 bridgehead atoms. The van der Waals surface area contributed by atoms with Gasteiger partial charge in [-0.2, -0.15) is 0 Å². The zero-order chi connectivity index (χ0) is 28.7. The number of halogens is 2. The molecular weight excluding hydrogens is 529 g/mol. The maximum absolute atomic E-state index is 13.5. The number of rotatable bonds is 8. The van der Waals surface area contributed by atoms with Crippen LogP contribution >= 0.6 is 11.6 Å². The van der Waals surface area contributed by atoms with E-state index >= 15 is 0 Å². The van der Waals surface area contributed by atoms with Gasteiger partial charge < -0.3 is 20.2 Å². The average molecular weight is 562 g/mol. The van der Waals surface area contributed by atoms with Crippen molar-refractivity contribution in [1.82, 2.24) is 24.7 Å². The van der Waals surface area contributed by atoms with Crippen molar-refractivity contribution >= 4 is 29.2 Å². The van der Waals surface area contributed by atoms with Gasteiger partial charge in [-0.15, -0.1) is 0 Å². The Kier molecular flexibility index (Phi) is 7.86. The normalized spacial score (nSPS) is 21.8. The molecule has 3 heterocycles. The predicted molar refractivity (Wildman–Crippen MR) is 142 cm³/mol. The second kappa shape index (κ2) is 10.7. The average Bonchev–Trinajstić information content (AvgIpc) is 3.08. The second-order valence-corrected chi connectivity index (χ2v) is 11.7. The fraction of sp³-hybridized carbons (Fsp3) is 0.519. The number of aromatic hydroxyl groups is 1. The summed E-state index contributed by atoms with van der Waals surface area (Å²) in [5, 5.41) is 13.3. The Labute approximate surface area is 230 Å². The Morgan fingerprint density at radius 1 is 1.15 bits per heavy atom. The van der Waals surface area contributed by atoms with Crippen LogP contribution in [-0.2, 0) is 28.1 Å². The molecule has 1 aromatic carbocycles. The van der Waals surface area contributed by atoms with E-state index in [1.54, 1.807) is 0 Å². The second-order valence-electron chi connectivity index (χ2n) is 11.3. The molecule has 0 spiro atoms. The lowest BCUT2D eigenvalue weighted by Crippen LogP contribution is -2.43. The quantitative estimate of drug-likeness (QED) is 0.473. The summed E-state index contributed by atoms with van der Waals surface area (Å²) in [6.45, 7) is 0.904. The molecule has 2 N–H and O–H groups in total. The summed E-state index contributed by atoms with van der Waals surface area (Å²) in [4.78, 5) is 59.9. The lowest BCUT2D eigenvalue weighted by atomic mass is 9.62. The zero-order valence-corrected chi connectivity index (χ0v) is 23.3. The van der Waals surface area contributed by atoms with E-state index in [-0.39, 0.29) is 35.8 Å². The van der Waals surface area contributed by atoms with Crippen molar-refractivity contribution in [2.24, 2.45) is 5.41 Å². The maximum atomic E-state index is 13.5. The van der Waals surface area contributed by atoms with Gasteiger partial charge in [0.2, 0.25) is 11.5 Å². The molecule has 39 heavy (non-hydrogen) atoms. The standard InChI is InChI=1S/C27H33ClFN5O5/c1-32(2)14-26-7-9-27(10-8-26,12-19(35)23(38)33(3)4)25-31-20(21(36)24(39)34(25)15-26)22(37)30-13-16-5-6-18(29)17(28)11-16/h5-6,11,36H,7-10,12-15H2,1-4H3,(H,30,37). The number of hydrogen-bond acceptors (Lipinski definition) is 7. The Morgan fingerprint density at radius 2 is 1.82 bits per heavy atom. The van der Waals surface area contributed by atoms with E-state index < -0.39 is 45.8 Å². The first-order chi connectivity index (χ1) is 18.3. The maximum Gasteiger partial charge on any atom is 0.296 e. The van der Waals surface area contributed by atoms with Crippen LogP contribution in [0, 0.1) is 11.2 Å². The Balaban J connectivity index is 1.76. The largest absolute Gasteiger partial charge is 0.501 e. The van der Waals surface area contributed by atoms with Gasteiger partial charge >= 0.3 is 0 Å². The van der Waals surface area contributed by atoms with Crippen LogP contribution in [0.3, 0.4) is 0 Å². The first kappa shape index (κ1) is 28.7. The number of aromatic nitrogens is 2. The van der Waals surface area contributed by atoms with Gasteiger partial charge in [-0.25, -0.2) is 9.37 Å². The van der Waals surface area contributed by atoms with Gasteiger partial charge in [-0.05, 0) is 57.5 Å². The highest BCUT2D eigenvalue weighted by atomic mass is 35.5. The van der Waals surface area contributed by atoms with E-state index in [4.69, 9.17) is 11.6 Å². The smallest absolute Gasteiger partial charge is 0.296 e. The van der Waals surface area contributed by atoms with Crippen LogP contribution in [0.2, 0.25) is 5.02 Å². The van der Waals surface area contributed by atoms with E-state index in [2.05, 4.69) is 10.3 Å². The van der Waals surface area contributed by atoms with Gasteiger partial charge in [-0.1, -0.05) is 17.7 Å². The number of ketones is 1. The van der Waals surface area contributed by atoms with Gasteiger partial charge in [-0.3, -0.25) is 23.7 Å². The third-order valence-corrected chi connectivity index (χ3v) is 8.12. The summed E-state index contributed by atoms with van der Waals surface area (Å²) in [6, 6.07) is 3.98. The molecule has 12 heteroatoms. The van der Waals surface area contributed by atoms with Crippen molar-refractivity contribution < 1.29 is 23.9 Å². The number of carbonyl (C=O) groups excluding carboxylic acids is 3. The Hall–Kier alpha value is -3.31. The monoisotopic (exact) mass is 561 g/mol. The van der Waals surface area contributed by atoms with Crippen LogP contribution in [-0.4, -0.2) is 76.8 Å². The molecule has 1 fully saturated rings. The molecule has 2 aromatic rings. The SMILES string of the molecule is CN(C)CC12CCC(CC(=O)C(=O)N(C)C)(CC1)c1nc(C(=O)NCc3ccc(F)c(Cl)c3)c(O)c(=O)n1C2. The van der Waals surface area contributed by atoms with Crippen molar-refractivity contribution in [2.75, 3.05) is 34.7 Å². The molecule has 0 saturated heterocycles. The first-order valence-electron chi connectivity index (χ1n) is 12.7. The Bertz CT molecular complexity index is 1380. The fourth-order valence-corrected chi connectivity index (χ4v) is 6.12. The Morgan fingerprint density at radius 3 is 2.41 bits per heavy atom. The third-order valence-electron chi connectivity index (χ3n) is 7.83. The van der Waals surface area contributed by atoms with Gasteiger partial charge in [0.05, 0.1) is 5.02 Å². The van der Waals surface area contributed by atoms with Crippen molar-refractivity contribution in [3.8, 4) is 5.75 Å². The van der Waals surface area contributed by atoms with E-state index in [0.717, 1.165) is 0 Å². The van der Waals surface area contributed by atoms with Gasteiger partial charge in [0.25, 0.3) is 17.4 Å². The van der Waals surface area contributed by atoms with Gasteiger partial charge in [0.15, 0.2) is 5.69 Å². The summed E-state index contributed by atoms with van der Waals surface area (Å²) in [5.74, 6) is -3.21. The van der Waals surface area contributed by atoms with Crippen molar-refractivity contribution in [3.05, 3.63) is 56.5 Å². The van der Waals surface area contributed by atoms with Gasteiger partial charge in [0, 0.05) is 51.0 Å². The number of Topliss-reactive ketones (excluding diaryl/α,β-unsaturated/α-hetero) is 1. The summed E-state index contributed by atoms with van der Waals surface area (Å²) < 4.78 is 14.9. The lowest BCUT2D eigenvalue weighted by molar-refractivity contribution is -0.144. The molecule has 3 aliphatic rings. The number of hydrogen-bond donors (Lipinski definition) is 2. The van der Waals surface area contributed by atoms with E-state index in [0.29, 0.717) is 37.8 Å². The molecule has 1 aromatic heterocycles. The minimum absolute atomic E-state index is 0.0503. The van der Waals surface area contributed by atoms with Crippen LogP contribution in [0.1, 0.15) is 54.0 Å². The fourth-order valence-electron chi connectivity index (χ4n) is 5.91. The number of likely N-dealkylation sites (N-methyl/N-ethyl adjacent to an activating group) is 1. The number of nitrogens with one attached hydrogen (secondary N) is 1. The highest BCUT2D eigenvalue weighted by Gasteiger charge is 2.52. The first-order valence-corrected chi connectivity index (χ1v) is 13.1. The van der Waals surface area contributed by atoms with Crippen LogP contribution in [0.5, 0.6) is 5.75 Å². The molecule has 2 amide bonds. The van der Waals surface area contributed by atoms with Crippen LogP contribution < -0.4 is 10.9 Å². The molecule has 0 atom stereocenters. The summed E-state index contributed by atoms with van der Waals surface area (Å²) in [6.07, 6.45) is 2.21. The van der Waals surface area contributed by atoms with Crippen molar-refractivity contribution in [2.45, 2.75) is 50.6 Å². The summed E-state index contributed by atoms with van der Waals surface area (Å²) in [7, 11) is 6.89. The van der Waals surface area contributed by atoms with Crippen LogP contribution in [0.25, 0.3) is 0 Å². The predicted octanol–water partition coefficient (Wildman–Crippen LogP) is 2.09. The molecular formula is C27H33ClFN5O5. The van der Waals surface area contributed by atoms with Crippen molar-refractivity contribution in [3.63, 3.8) is 0 Å². The zero-order valence-electron chi connectivity index (χ0n) is 22.5. The number of benzene rings is 1. The number of fused-ring (bicyclic) bond motifs is 2. The molecule has 10 nitrogen and oxygen atoms in total. The molecule has 0 radical (unpaired) electrons. The van der Waals surface area contributed by atoms with Crippen LogP contribution in [0.15, 0.2) is 23.0 Å². The summed E-state index contributed by atoms with van der Waals surface area (Å²) >= 11 is 5.82. The van der Waals surface area contributed by atoms with Crippen LogP contribution in [0.4, 0.5) is 4.39 Å². The highest BCUT2D eigenvalue weighted by molar-refractivity contribution is 6.36. The number of carbonyl (C=O) groups is 3. The molecule has 2 aliphatic heterocycles. The number of amides is 2. The lowest BCUT2D eigenvalue weighted by Gasteiger charge is -2.42.